The van der Waals surface area contributed by atoms with Crippen molar-refractivity contribution >= 4 is 5.97 Å². The van der Waals surface area contributed by atoms with Crippen LogP contribution >= 0.6 is 0 Å². The average molecular weight is 274 g/mol. The van der Waals surface area contributed by atoms with Crippen molar-refractivity contribution in [1.82, 2.24) is 9.55 Å². The molecule has 1 aromatic carbocycles. The van der Waals surface area contributed by atoms with Gasteiger partial charge < -0.3 is 14.4 Å². The SMILES string of the molecule is Cc1cccc(C(=O)O)c1OCc1cncn1C(C)C. The Hall–Kier alpha value is -2.30. The molecule has 2 aromatic rings. The van der Waals surface area contributed by atoms with Crippen molar-refractivity contribution in [1.29, 1.82) is 0 Å². The minimum absolute atomic E-state index is 0.181. The van der Waals surface area contributed by atoms with Crippen LogP contribution in [-0.2, 0) is 6.61 Å². The molecule has 0 aliphatic heterocycles. The first-order valence-electron chi connectivity index (χ1n) is 6.47. The van der Waals surface area contributed by atoms with Gasteiger partial charge in [0, 0.05) is 6.04 Å². The summed E-state index contributed by atoms with van der Waals surface area (Å²) in [6.45, 7) is 6.24. The first-order valence-corrected chi connectivity index (χ1v) is 6.47. The second kappa shape index (κ2) is 5.77. The minimum atomic E-state index is -0.985. The van der Waals surface area contributed by atoms with E-state index >= 15 is 0 Å². The third-order valence-electron chi connectivity index (χ3n) is 3.11. The highest BCUT2D eigenvalue weighted by atomic mass is 16.5. The molecule has 0 unspecified atom stereocenters. The molecule has 0 atom stereocenters. The van der Waals surface area contributed by atoms with Crippen molar-refractivity contribution in [3.05, 3.63) is 47.5 Å². The maximum absolute atomic E-state index is 11.2. The smallest absolute Gasteiger partial charge is 0.339 e. The van der Waals surface area contributed by atoms with Gasteiger partial charge in [0.15, 0.2) is 0 Å². The van der Waals surface area contributed by atoms with Gasteiger partial charge >= 0.3 is 5.97 Å². The molecule has 0 spiro atoms. The van der Waals surface area contributed by atoms with E-state index in [4.69, 9.17) is 4.74 Å². The lowest BCUT2D eigenvalue weighted by Crippen LogP contribution is -2.09. The number of para-hydroxylation sites is 1. The lowest BCUT2D eigenvalue weighted by atomic mass is 10.1. The highest BCUT2D eigenvalue weighted by molar-refractivity contribution is 5.91. The number of benzene rings is 1. The third kappa shape index (κ3) is 2.82. The highest BCUT2D eigenvalue weighted by Gasteiger charge is 2.14. The van der Waals surface area contributed by atoms with Gasteiger partial charge in [0.05, 0.1) is 18.2 Å². The summed E-state index contributed by atoms with van der Waals surface area (Å²) >= 11 is 0. The largest absolute Gasteiger partial charge is 0.486 e. The van der Waals surface area contributed by atoms with E-state index in [2.05, 4.69) is 18.8 Å². The summed E-state index contributed by atoms with van der Waals surface area (Å²) in [5.74, 6) is -0.572. The predicted molar refractivity (Wildman–Crippen MR) is 75.1 cm³/mol. The van der Waals surface area contributed by atoms with Crippen LogP contribution in [0, 0.1) is 6.92 Å². The first kappa shape index (κ1) is 14.1. The molecule has 5 heteroatoms. The van der Waals surface area contributed by atoms with Crippen LogP contribution in [0.1, 0.15) is 41.5 Å². The summed E-state index contributed by atoms with van der Waals surface area (Å²) in [6, 6.07) is 5.38. The monoisotopic (exact) mass is 274 g/mol. The van der Waals surface area contributed by atoms with Gasteiger partial charge in [-0.1, -0.05) is 12.1 Å². The van der Waals surface area contributed by atoms with Gasteiger partial charge in [-0.2, -0.15) is 0 Å². The number of aromatic nitrogens is 2. The van der Waals surface area contributed by atoms with Crippen molar-refractivity contribution in [2.75, 3.05) is 0 Å². The molecule has 5 nitrogen and oxygen atoms in total. The minimum Gasteiger partial charge on any atom is -0.486 e. The third-order valence-corrected chi connectivity index (χ3v) is 3.11. The topological polar surface area (TPSA) is 64.3 Å². The number of imidazole rings is 1. The molecule has 0 aliphatic carbocycles. The standard InChI is InChI=1S/C15H18N2O3/c1-10(2)17-9-16-7-12(17)8-20-14-11(3)5-4-6-13(14)15(18)19/h4-7,9-10H,8H2,1-3H3,(H,18,19). The van der Waals surface area contributed by atoms with E-state index in [0.29, 0.717) is 12.4 Å². The van der Waals surface area contributed by atoms with Gasteiger partial charge in [-0.15, -0.1) is 0 Å². The Morgan fingerprint density at radius 1 is 1.45 bits per heavy atom. The molecule has 106 valence electrons. The van der Waals surface area contributed by atoms with Gasteiger partial charge in [0.1, 0.15) is 17.9 Å². The van der Waals surface area contributed by atoms with E-state index in [-0.39, 0.29) is 11.6 Å². The molecule has 0 saturated carbocycles. The molecule has 20 heavy (non-hydrogen) atoms. The maximum atomic E-state index is 11.2. The van der Waals surface area contributed by atoms with Crippen molar-refractivity contribution in [3.63, 3.8) is 0 Å². The Morgan fingerprint density at radius 3 is 2.85 bits per heavy atom. The fourth-order valence-corrected chi connectivity index (χ4v) is 2.07. The Morgan fingerprint density at radius 2 is 2.20 bits per heavy atom. The lowest BCUT2D eigenvalue weighted by Gasteiger charge is -2.15. The molecule has 0 amide bonds. The van der Waals surface area contributed by atoms with E-state index in [0.717, 1.165) is 11.3 Å². The molecule has 1 heterocycles. The lowest BCUT2D eigenvalue weighted by molar-refractivity contribution is 0.0691. The normalized spacial score (nSPS) is 10.8. The molecule has 0 bridgehead atoms. The summed E-state index contributed by atoms with van der Waals surface area (Å²) in [7, 11) is 0. The molecule has 0 saturated heterocycles. The number of nitrogens with zero attached hydrogens (tertiary/aromatic N) is 2. The van der Waals surface area contributed by atoms with Crippen molar-refractivity contribution in [3.8, 4) is 5.75 Å². The van der Waals surface area contributed by atoms with Gasteiger partial charge in [-0.05, 0) is 32.4 Å². The van der Waals surface area contributed by atoms with Crippen LogP contribution in [0.25, 0.3) is 0 Å². The Bertz CT molecular complexity index is 617. The summed E-state index contributed by atoms with van der Waals surface area (Å²) in [4.78, 5) is 15.3. The fourth-order valence-electron chi connectivity index (χ4n) is 2.07. The summed E-state index contributed by atoms with van der Waals surface area (Å²) in [5.41, 5.74) is 1.90. The quantitative estimate of drug-likeness (QED) is 0.910. The summed E-state index contributed by atoms with van der Waals surface area (Å²) in [5, 5.41) is 9.19. The van der Waals surface area contributed by atoms with Crippen LogP contribution in [0.3, 0.4) is 0 Å². The molecule has 0 radical (unpaired) electrons. The fraction of sp³-hybridized carbons (Fsp3) is 0.333. The zero-order chi connectivity index (χ0) is 14.7. The van der Waals surface area contributed by atoms with Crippen molar-refractivity contribution < 1.29 is 14.6 Å². The van der Waals surface area contributed by atoms with Crippen LogP contribution in [0.4, 0.5) is 0 Å². The highest BCUT2D eigenvalue weighted by Crippen LogP contribution is 2.24. The molecule has 1 aromatic heterocycles. The van der Waals surface area contributed by atoms with Crippen LogP contribution in [0.5, 0.6) is 5.75 Å². The molecular formula is C15H18N2O3. The van der Waals surface area contributed by atoms with E-state index in [9.17, 15) is 9.90 Å². The van der Waals surface area contributed by atoms with Gasteiger partial charge in [0.2, 0.25) is 0 Å². The molecule has 0 aliphatic rings. The predicted octanol–water partition coefficient (Wildman–Crippen LogP) is 3.05. The number of ether oxygens (including phenoxy) is 1. The van der Waals surface area contributed by atoms with Gasteiger partial charge in [-0.3, -0.25) is 0 Å². The Balaban J connectivity index is 2.23. The number of aryl methyl sites for hydroxylation is 1. The number of aromatic carboxylic acids is 1. The second-order valence-electron chi connectivity index (χ2n) is 4.93. The number of carboxylic acids is 1. The number of carboxylic acid groups (broad SMARTS) is 1. The van der Waals surface area contributed by atoms with Crippen LogP contribution in [0.2, 0.25) is 0 Å². The van der Waals surface area contributed by atoms with Gasteiger partial charge in [0.25, 0.3) is 0 Å². The van der Waals surface area contributed by atoms with E-state index < -0.39 is 5.97 Å². The number of hydrogen-bond acceptors (Lipinski definition) is 3. The molecule has 0 fully saturated rings. The number of carbonyl (C=O) groups is 1. The van der Waals surface area contributed by atoms with E-state index in [1.165, 1.54) is 0 Å². The number of rotatable bonds is 5. The second-order valence-corrected chi connectivity index (χ2v) is 4.93. The van der Waals surface area contributed by atoms with Crippen LogP contribution in [-0.4, -0.2) is 20.6 Å². The molecular weight excluding hydrogens is 256 g/mol. The Kier molecular flexibility index (Phi) is 4.08. The Labute approximate surface area is 117 Å². The molecule has 2 rings (SSSR count). The zero-order valence-corrected chi connectivity index (χ0v) is 11.8. The maximum Gasteiger partial charge on any atom is 0.339 e. The van der Waals surface area contributed by atoms with E-state index in [1.807, 2.05) is 17.6 Å². The van der Waals surface area contributed by atoms with Gasteiger partial charge in [-0.25, -0.2) is 9.78 Å². The summed E-state index contributed by atoms with van der Waals surface area (Å²) < 4.78 is 7.72. The first-order chi connectivity index (χ1) is 9.50. The molecule has 1 N–H and O–H groups in total. The van der Waals surface area contributed by atoms with Crippen LogP contribution in [0.15, 0.2) is 30.7 Å². The van der Waals surface area contributed by atoms with Crippen molar-refractivity contribution in [2.24, 2.45) is 0 Å². The zero-order valence-electron chi connectivity index (χ0n) is 11.8. The van der Waals surface area contributed by atoms with E-state index in [1.54, 1.807) is 24.7 Å². The summed E-state index contributed by atoms with van der Waals surface area (Å²) in [6.07, 6.45) is 3.48. The van der Waals surface area contributed by atoms with Crippen molar-refractivity contribution in [2.45, 2.75) is 33.4 Å². The number of hydrogen-bond donors (Lipinski definition) is 1. The van der Waals surface area contributed by atoms with Crippen LogP contribution < -0.4 is 4.74 Å². The average Bonchev–Trinajstić information content (AvgIpc) is 2.85.